The molecule has 20 heavy (non-hydrogen) atoms. The van der Waals surface area contributed by atoms with E-state index in [1.807, 2.05) is 0 Å². The first-order chi connectivity index (χ1) is 9.65. The van der Waals surface area contributed by atoms with Gasteiger partial charge in [0.25, 0.3) is 0 Å². The SMILES string of the molecule is Cc1ccc2[nH]c(C)c(C(O)CN3CCCCC3)c2c1. The number of aromatic nitrogens is 1. The number of hydrogen-bond donors (Lipinski definition) is 2. The van der Waals surface area contributed by atoms with Crippen molar-refractivity contribution < 1.29 is 5.11 Å². The molecule has 1 aliphatic rings. The number of nitrogens with one attached hydrogen (secondary N) is 1. The van der Waals surface area contributed by atoms with E-state index in [1.54, 1.807) is 0 Å². The highest BCUT2D eigenvalue weighted by molar-refractivity contribution is 5.85. The number of benzene rings is 1. The lowest BCUT2D eigenvalue weighted by Gasteiger charge is -2.28. The summed E-state index contributed by atoms with van der Waals surface area (Å²) in [4.78, 5) is 5.79. The molecule has 0 bridgehead atoms. The summed E-state index contributed by atoms with van der Waals surface area (Å²) in [7, 11) is 0. The molecular formula is C17H24N2O. The van der Waals surface area contributed by atoms with E-state index in [-0.39, 0.29) is 0 Å². The minimum atomic E-state index is -0.399. The van der Waals surface area contributed by atoms with Crippen molar-refractivity contribution >= 4 is 10.9 Å². The Morgan fingerprint density at radius 2 is 1.95 bits per heavy atom. The number of H-pyrrole nitrogens is 1. The molecule has 1 saturated heterocycles. The lowest BCUT2D eigenvalue weighted by Crippen LogP contribution is -2.33. The third-order valence-corrected chi connectivity index (χ3v) is 4.40. The Balaban J connectivity index is 1.88. The fourth-order valence-corrected chi connectivity index (χ4v) is 3.37. The van der Waals surface area contributed by atoms with Crippen LogP contribution < -0.4 is 0 Å². The van der Waals surface area contributed by atoms with E-state index in [0.717, 1.165) is 36.4 Å². The normalized spacial score (nSPS) is 18.6. The largest absolute Gasteiger partial charge is 0.387 e. The monoisotopic (exact) mass is 272 g/mol. The predicted molar refractivity (Wildman–Crippen MR) is 83.0 cm³/mol. The van der Waals surface area contributed by atoms with Gasteiger partial charge in [0.1, 0.15) is 0 Å². The molecule has 1 fully saturated rings. The molecule has 0 spiro atoms. The second kappa shape index (κ2) is 5.58. The summed E-state index contributed by atoms with van der Waals surface area (Å²) in [5.74, 6) is 0. The molecule has 1 aromatic carbocycles. The molecule has 2 aromatic rings. The summed E-state index contributed by atoms with van der Waals surface area (Å²) in [5, 5.41) is 11.8. The Bertz CT molecular complexity index is 596. The second-order valence-corrected chi connectivity index (χ2v) is 6.09. The first-order valence-corrected chi connectivity index (χ1v) is 7.64. The second-order valence-electron chi connectivity index (χ2n) is 6.09. The number of fused-ring (bicyclic) bond motifs is 1. The van der Waals surface area contributed by atoms with Gasteiger partial charge in [-0.05, 0) is 51.9 Å². The zero-order valence-corrected chi connectivity index (χ0v) is 12.4. The molecule has 108 valence electrons. The van der Waals surface area contributed by atoms with Crippen molar-refractivity contribution in [3.05, 3.63) is 35.0 Å². The number of aromatic amines is 1. The van der Waals surface area contributed by atoms with Crippen LogP contribution in [0.2, 0.25) is 0 Å². The van der Waals surface area contributed by atoms with Crippen molar-refractivity contribution in [1.82, 2.24) is 9.88 Å². The highest BCUT2D eigenvalue weighted by Crippen LogP contribution is 2.29. The van der Waals surface area contributed by atoms with Crippen LogP contribution in [0.4, 0.5) is 0 Å². The standard InChI is InChI=1S/C17H24N2O/c1-12-6-7-15-14(10-12)17(13(2)18-15)16(20)11-19-8-4-3-5-9-19/h6-7,10,16,18,20H,3-5,8-9,11H2,1-2H3. The van der Waals surface area contributed by atoms with Gasteiger partial charge in [-0.15, -0.1) is 0 Å². The fraction of sp³-hybridized carbons (Fsp3) is 0.529. The maximum absolute atomic E-state index is 10.7. The van der Waals surface area contributed by atoms with Gasteiger partial charge < -0.3 is 15.0 Å². The Kier molecular flexibility index (Phi) is 3.81. The number of aryl methyl sites for hydroxylation is 2. The Morgan fingerprint density at radius 3 is 2.70 bits per heavy atom. The van der Waals surface area contributed by atoms with E-state index in [2.05, 4.69) is 41.9 Å². The Hall–Kier alpha value is -1.32. The van der Waals surface area contributed by atoms with E-state index in [9.17, 15) is 5.11 Å². The molecule has 1 atom stereocenters. The van der Waals surface area contributed by atoms with Gasteiger partial charge in [0.05, 0.1) is 6.10 Å². The third-order valence-electron chi connectivity index (χ3n) is 4.40. The van der Waals surface area contributed by atoms with Gasteiger partial charge in [-0.25, -0.2) is 0 Å². The van der Waals surface area contributed by atoms with E-state index in [0.29, 0.717) is 0 Å². The van der Waals surface area contributed by atoms with E-state index >= 15 is 0 Å². The summed E-state index contributed by atoms with van der Waals surface area (Å²) in [6.45, 7) is 7.16. The predicted octanol–water partition coefficient (Wildman–Crippen LogP) is 3.30. The maximum Gasteiger partial charge on any atom is 0.0940 e. The molecule has 0 aliphatic carbocycles. The minimum absolute atomic E-state index is 0.399. The first-order valence-electron chi connectivity index (χ1n) is 7.64. The summed E-state index contributed by atoms with van der Waals surface area (Å²) >= 11 is 0. The molecule has 2 heterocycles. The topological polar surface area (TPSA) is 39.3 Å². The number of rotatable bonds is 3. The van der Waals surface area contributed by atoms with Crippen molar-refractivity contribution in [1.29, 1.82) is 0 Å². The summed E-state index contributed by atoms with van der Waals surface area (Å²) in [6, 6.07) is 6.39. The smallest absolute Gasteiger partial charge is 0.0940 e. The lowest BCUT2D eigenvalue weighted by molar-refractivity contribution is 0.102. The summed E-state index contributed by atoms with van der Waals surface area (Å²) in [6.07, 6.45) is 3.46. The number of likely N-dealkylation sites (tertiary alicyclic amines) is 1. The maximum atomic E-state index is 10.7. The number of aliphatic hydroxyl groups is 1. The highest BCUT2D eigenvalue weighted by atomic mass is 16.3. The van der Waals surface area contributed by atoms with Gasteiger partial charge >= 0.3 is 0 Å². The van der Waals surface area contributed by atoms with Gasteiger partial charge in [-0.2, -0.15) is 0 Å². The quantitative estimate of drug-likeness (QED) is 0.900. The molecule has 1 unspecified atom stereocenters. The summed E-state index contributed by atoms with van der Waals surface area (Å²) < 4.78 is 0. The minimum Gasteiger partial charge on any atom is -0.387 e. The van der Waals surface area contributed by atoms with Crippen LogP contribution in [0.15, 0.2) is 18.2 Å². The number of hydrogen-bond acceptors (Lipinski definition) is 2. The lowest BCUT2D eigenvalue weighted by atomic mass is 10.0. The molecule has 0 saturated carbocycles. The molecule has 3 rings (SSSR count). The average Bonchev–Trinajstić information content (AvgIpc) is 2.75. The number of aliphatic hydroxyl groups excluding tert-OH is 1. The first kappa shape index (κ1) is 13.7. The molecule has 1 aliphatic heterocycles. The Labute approximate surface area is 120 Å². The fourth-order valence-electron chi connectivity index (χ4n) is 3.37. The van der Waals surface area contributed by atoms with Crippen molar-refractivity contribution in [2.45, 2.75) is 39.2 Å². The Morgan fingerprint density at radius 1 is 1.20 bits per heavy atom. The summed E-state index contributed by atoms with van der Waals surface area (Å²) in [5.41, 5.74) is 4.54. The van der Waals surface area contributed by atoms with Crippen LogP contribution in [0.5, 0.6) is 0 Å². The number of β-amino-alcohol motifs (C(OH)–C–C–N with tert-alkyl or cyclic N) is 1. The van der Waals surface area contributed by atoms with Crippen LogP contribution in [-0.4, -0.2) is 34.6 Å². The van der Waals surface area contributed by atoms with E-state index in [4.69, 9.17) is 0 Å². The van der Waals surface area contributed by atoms with Crippen LogP contribution in [0.1, 0.15) is 42.2 Å². The van der Waals surface area contributed by atoms with Gasteiger partial charge in [0.2, 0.25) is 0 Å². The van der Waals surface area contributed by atoms with Crippen molar-refractivity contribution in [2.75, 3.05) is 19.6 Å². The van der Waals surface area contributed by atoms with E-state index < -0.39 is 6.10 Å². The zero-order chi connectivity index (χ0) is 14.1. The van der Waals surface area contributed by atoms with Crippen LogP contribution in [0.25, 0.3) is 10.9 Å². The zero-order valence-electron chi connectivity index (χ0n) is 12.4. The molecule has 2 N–H and O–H groups in total. The van der Waals surface area contributed by atoms with Crippen LogP contribution in [-0.2, 0) is 0 Å². The van der Waals surface area contributed by atoms with Crippen molar-refractivity contribution in [3.63, 3.8) is 0 Å². The van der Waals surface area contributed by atoms with Crippen molar-refractivity contribution in [3.8, 4) is 0 Å². The number of nitrogens with zero attached hydrogens (tertiary/aromatic N) is 1. The molecular weight excluding hydrogens is 248 g/mol. The van der Waals surface area contributed by atoms with Gasteiger partial charge in [0, 0.05) is 28.7 Å². The van der Waals surface area contributed by atoms with Crippen molar-refractivity contribution in [2.24, 2.45) is 0 Å². The molecule has 0 radical (unpaired) electrons. The molecule has 1 aromatic heterocycles. The average molecular weight is 272 g/mol. The van der Waals surface area contributed by atoms with Gasteiger partial charge in [0.15, 0.2) is 0 Å². The van der Waals surface area contributed by atoms with Crippen LogP contribution in [0, 0.1) is 13.8 Å². The van der Waals surface area contributed by atoms with Gasteiger partial charge in [-0.1, -0.05) is 18.1 Å². The molecule has 3 nitrogen and oxygen atoms in total. The van der Waals surface area contributed by atoms with Gasteiger partial charge in [-0.3, -0.25) is 0 Å². The van der Waals surface area contributed by atoms with Crippen LogP contribution in [0.3, 0.4) is 0 Å². The molecule has 0 amide bonds. The third kappa shape index (κ3) is 2.60. The van der Waals surface area contributed by atoms with E-state index in [1.165, 1.54) is 30.2 Å². The molecule has 3 heteroatoms. The highest BCUT2D eigenvalue weighted by Gasteiger charge is 2.20. The van der Waals surface area contributed by atoms with Crippen LogP contribution >= 0.6 is 0 Å². The number of piperidine rings is 1.